The van der Waals surface area contributed by atoms with Gasteiger partial charge < -0.3 is 30.1 Å². The highest BCUT2D eigenvalue weighted by Crippen LogP contribution is 2.31. The maximum absolute atomic E-state index is 13.8. The summed E-state index contributed by atoms with van der Waals surface area (Å²) in [6.45, 7) is 4.69. The number of halogens is 2. The number of amides is 3. The Morgan fingerprint density at radius 3 is 2.00 bits per heavy atom. The van der Waals surface area contributed by atoms with Crippen LogP contribution in [-0.2, 0) is 24.1 Å². The number of hydrogen-bond donors (Lipinski definition) is 4. The molecule has 4 heterocycles. The molecule has 4 N–H and O–H groups in total. The molecule has 1 aromatic carbocycles. The fraction of sp³-hybridized carbons (Fsp3) is 0.615. The van der Waals surface area contributed by atoms with Crippen molar-refractivity contribution in [3.63, 3.8) is 0 Å². The second kappa shape index (κ2) is 22.6. The normalized spacial score (nSPS) is 20.4. The number of ether oxygens (including phenoxy) is 1. The standard InChI is InChI=1S/C39H54F2N10O10/c40-39(41)21-29(22-42)51(27-39)34(52)23-44-38(58)31-4-5-43-33-3-2-30(20-32(31)33)60-19-1-6-45-15-17-50(18-16-45)35(53)24-46-7-8-47(25-36(54)55)9-10-48(26-37(56)57)12-14-49(13-11-46)28-61-59/h2-5,20,29,59H,1,6-19,21,23-28H2,(H,44,58)(H,54,55)(H,56,57). The number of rotatable bonds is 16. The van der Waals surface area contributed by atoms with Gasteiger partial charge in [-0.3, -0.25) is 58.7 Å². The van der Waals surface area contributed by atoms with E-state index in [0.717, 1.165) is 4.90 Å². The number of alkyl halides is 2. The molecule has 3 aliphatic rings. The molecule has 5 rings (SSSR count). The number of nitrogens with one attached hydrogen (secondary N) is 1. The lowest BCUT2D eigenvalue weighted by molar-refractivity contribution is -0.269. The minimum absolute atomic E-state index is 0.0493. The van der Waals surface area contributed by atoms with Crippen LogP contribution in [-0.4, -0.2) is 228 Å². The van der Waals surface area contributed by atoms with E-state index < -0.39 is 55.2 Å². The largest absolute Gasteiger partial charge is 0.494 e. The third-order valence-electron chi connectivity index (χ3n) is 11.0. The Morgan fingerprint density at radius 2 is 1.41 bits per heavy atom. The number of fused-ring (bicyclic) bond motifs is 1. The predicted octanol–water partition coefficient (Wildman–Crippen LogP) is -0.525. The van der Waals surface area contributed by atoms with Crippen LogP contribution in [0.15, 0.2) is 30.5 Å². The van der Waals surface area contributed by atoms with Gasteiger partial charge in [0.1, 0.15) is 18.5 Å². The van der Waals surface area contributed by atoms with Gasteiger partial charge in [0.25, 0.3) is 11.8 Å². The molecule has 2 aromatic rings. The first-order valence-corrected chi connectivity index (χ1v) is 20.2. The van der Waals surface area contributed by atoms with E-state index >= 15 is 0 Å². The van der Waals surface area contributed by atoms with Gasteiger partial charge in [0.2, 0.25) is 11.8 Å². The Morgan fingerprint density at radius 1 is 0.820 bits per heavy atom. The Kier molecular flexibility index (Phi) is 17.4. The molecule has 0 bridgehead atoms. The van der Waals surface area contributed by atoms with Crippen LogP contribution in [0, 0.1) is 11.3 Å². The number of benzene rings is 1. The lowest BCUT2D eigenvalue weighted by Gasteiger charge is -2.37. The SMILES string of the molecule is N#CC1CC(F)(F)CN1C(=O)CNC(=O)c1ccnc2ccc(OCCCN3CCN(C(=O)CN4CCN(COO)CCN(CC(=O)O)CCN(CC(=O)O)CC4)CC3)cc12. The number of carbonyl (C=O) groups is 5. The number of carboxylic acids is 2. The molecule has 61 heavy (non-hydrogen) atoms. The highest BCUT2D eigenvalue weighted by atomic mass is 19.3. The molecule has 3 fully saturated rings. The first-order chi connectivity index (χ1) is 29.2. The summed E-state index contributed by atoms with van der Waals surface area (Å²) >= 11 is 0. The van der Waals surface area contributed by atoms with Crippen molar-refractivity contribution >= 4 is 40.6 Å². The van der Waals surface area contributed by atoms with Crippen molar-refractivity contribution < 1.29 is 57.8 Å². The van der Waals surface area contributed by atoms with Gasteiger partial charge in [-0.1, -0.05) is 0 Å². The quantitative estimate of drug-likeness (QED) is 0.0944. The Hall–Kier alpha value is -5.15. The van der Waals surface area contributed by atoms with Crippen LogP contribution in [0.4, 0.5) is 8.78 Å². The molecule has 0 radical (unpaired) electrons. The van der Waals surface area contributed by atoms with Gasteiger partial charge >= 0.3 is 11.9 Å². The summed E-state index contributed by atoms with van der Waals surface area (Å²) in [7, 11) is 0. The average Bonchev–Trinajstić information content (AvgIpc) is 3.56. The van der Waals surface area contributed by atoms with Crippen molar-refractivity contribution in [2.45, 2.75) is 24.8 Å². The minimum atomic E-state index is -3.17. The summed E-state index contributed by atoms with van der Waals surface area (Å²) in [4.78, 5) is 83.0. The maximum Gasteiger partial charge on any atom is 0.317 e. The number of hydrogen-bond acceptors (Lipinski definition) is 15. The second-order valence-corrected chi connectivity index (χ2v) is 15.4. The summed E-state index contributed by atoms with van der Waals surface area (Å²) in [5.74, 6) is -6.10. The third kappa shape index (κ3) is 14.5. The molecule has 334 valence electrons. The van der Waals surface area contributed by atoms with Crippen molar-refractivity contribution in [2.75, 3.05) is 131 Å². The van der Waals surface area contributed by atoms with Gasteiger partial charge in [0, 0.05) is 103 Å². The topological polar surface area (TPSA) is 236 Å². The van der Waals surface area contributed by atoms with E-state index in [-0.39, 0.29) is 37.8 Å². The Bertz CT molecular complexity index is 1880. The van der Waals surface area contributed by atoms with Crippen molar-refractivity contribution in [3.8, 4) is 11.8 Å². The van der Waals surface area contributed by atoms with Crippen molar-refractivity contribution in [3.05, 3.63) is 36.0 Å². The second-order valence-electron chi connectivity index (χ2n) is 15.4. The fourth-order valence-corrected chi connectivity index (χ4v) is 7.60. The third-order valence-corrected chi connectivity index (χ3v) is 11.0. The molecule has 0 saturated carbocycles. The van der Waals surface area contributed by atoms with E-state index in [1.54, 1.807) is 34.1 Å². The summed E-state index contributed by atoms with van der Waals surface area (Å²) < 4.78 is 33.6. The number of nitriles is 1. The van der Waals surface area contributed by atoms with Crippen LogP contribution in [0.1, 0.15) is 23.2 Å². The average molecular weight is 861 g/mol. The smallest absolute Gasteiger partial charge is 0.317 e. The molecule has 3 amide bonds. The number of carbonyl (C=O) groups excluding carboxylic acids is 3. The first-order valence-electron chi connectivity index (χ1n) is 20.2. The molecule has 22 heteroatoms. The van der Waals surface area contributed by atoms with Gasteiger partial charge in [-0.05, 0) is 30.7 Å². The zero-order valence-electron chi connectivity index (χ0n) is 34.0. The first kappa shape index (κ1) is 46.9. The lowest BCUT2D eigenvalue weighted by Crippen LogP contribution is -2.53. The zero-order chi connectivity index (χ0) is 43.9. The van der Waals surface area contributed by atoms with E-state index in [1.807, 2.05) is 14.7 Å². The highest BCUT2D eigenvalue weighted by Gasteiger charge is 2.47. The van der Waals surface area contributed by atoms with E-state index in [4.69, 9.17) is 9.99 Å². The van der Waals surface area contributed by atoms with Crippen LogP contribution in [0.25, 0.3) is 10.9 Å². The van der Waals surface area contributed by atoms with Gasteiger partial charge in [0.05, 0.1) is 56.5 Å². The van der Waals surface area contributed by atoms with Gasteiger partial charge in [-0.2, -0.15) is 5.26 Å². The summed E-state index contributed by atoms with van der Waals surface area (Å²) in [6.07, 6.45) is 1.38. The van der Waals surface area contributed by atoms with Gasteiger partial charge in [0.15, 0.2) is 0 Å². The van der Waals surface area contributed by atoms with E-state index in [1.165, 1.54) is 12.3 Å². The molecular weight excluding hydrogens is 806 g/mol. The van der Waals surface area contributed by atoms with Crippen molar-refractivity contribution in [1.82, 2.24) is 44.6 Å². The Balaban J connectivity index is 1.07. The van der Waals surface area contributed by atoms with Gasteiger partial charge in [-0.25, -0.2) is 13.7 Å². The summed E-state index contributed by atoms with van der Waals surface area (Å²) in [6, 6.07) is 7.04. The zero-order valence-corrected chi connectivity index (χ0v) is 34.0. The number of pyridine rings is 1. The number of piperazine rings is 1. The van der Waals surface area contributed by atoms with E-state index in [9.17, 15) is 48.2 Å². The number of likely N-dealkylation sites (tertiary alicyclic amines) is 1. The highest BCUT2D eigenvalue weighted by molar-refractivity contribution is 6.07. The molecule has 1 atom stereocenters. The summed E-state index contributed by atoms with van der Waals surface area (Å²) in [5.41, 5.74) is 0.724. The monoisotopic (exact) mass is 860 g/mol. The predicted molar refractivity (Wildman–Crippen MR) is 213 cm³/mol. The van der Waals surface area contributed by atoms with Crippen LogP contribution in [0.3, 0.4) is 0 Å². The number of nitrogens with zero attached hydrogens (tertiary/aromatic N) is 9. The van der Waals surface area contributed by atoms with Crippen LogP contribution in [0.2, 0.25) is 0 Å². The Labute approximate surface area is 351 Å². The minimum Gasteiger partial charge on any atom is -0.494 e. The van der Waals surface area contributed by atoms with Crippen LogP contribution in [0.5, 0.6) is 5.75 Å². The molecular formula is C39H54F2N10O10. The van der Waals surface area contributed by atoms with Gasteiger partial charge in [-0.15, -0.1) is 0 Å². The molecule has 0 spiro atoms. The van der Waals surface area contributed by atoms with E-state index in [2.05, 4.69) is 20.1 Å². The van der Waals surface area contributed by atoms with Crippen LogP contribution < -0.4 is 10.1 Å². The molecule has 3 aliphatic heterocycles. The number of aliphatic carboxylic acids is 2. The summed E-state index contributed by atoms with van der Waals surface area (Å²) in [5, 5.41) is 40.1. The number of carboxylic acid groups (broad SMARTS) is 2. The maximum atomic E-state index is 13.8. The molecule has 1 aromatic heterocycles. The molecule has 20 nitrogen and oxygen atoms in total. The molecule has 3 saturated heterocycles. The molecule has 0 aliphatic carbocycles. The van der Waals surface area contributed by atoms with Crippen molar-refractivity contribution in [1.29, 1.82) is 5.26 Å². The van der Waals surface area contributed by atoms with Crippen LogP contribution >= 0.6 is 0 Å². The van der Waals surface area contributed by atoms with E-state index in [0.29, 0.717) is 115 Å². The number of aromatic nitrogens is 1. The molecule has 1 unspecified atom stereocenters. The van der Waals surface area contributed by atoms with Crippen molar-refractivity contribution in [2.24, 2.45) is 0 Å². The fourth-order valence-electron chi connectivity index (χ4n) is 7.60. The lowest BCUT2D eigenvalue weighted by atomic mass is 10.1.